The predicted octanol–water partition coefficient (Wildman–Crippen LogP) is 1.63. The van der Waals surface area contributed by atoms with Crippen molar-refractivity contribution < 1.29 is 23.8 Å². The summed E-state index contributed by atoms with van der Waals surface area (Å²) in [7, 11) is 0. The van der Waals surface area contributed by atoms with Crippen LogP contribution in [0.5, 0.6) is 0 Å². The van der Waals surface area contributed by atoms with Crippen molar-refractivity contribution in [2.75, 3.05) is 19.7 Å². The van der Waals surface area contributed by atoms with Gasteiger partial charge in [-0.3, -0.25) is 4.79 Å². The molecule has 1 aliphatic heterocycles. The van der Waals surface area contributed by atoms with Crippen molar-refractivity contribution in [3.63, 3.8) is 0 Å². The number of morpholine rings is 1. The standard InChI is InChI=1S/C15H18FNO4/c1-10(11-3-2-4-12(16)8-11)7-14(18)17-5-6-21-13(9-17)15(19)20/h2-4,8,10,13H,5-7,9H2,1H3,(H,19,20). The summed E-state index contributed by atoms with van der Waals surface area (Å²) in [5.74, 6) is -1.66. The van der Waals surface area contributed by atoms with Gasteiger partial charge in [-0.05, 0) is 23.6 Å². The number of hydrogen-bond acceptors (Lipinski definition) is 3. The van der Waals surface area contributed by atoms with E-state index in [1.165, 1.54) is 17.0 Å². The number of carboxylic acid groups (broad SMARTS) is 1. The SMILES string of the molecule is CC(CC(=O)N1CCOC(C(=O)O)C1)c1cccc(F)c1. The molecule has 2 rings (SSSR count). The summed E-state index contributed by atoms with van der Waals surface area (Å²) in [6.45, 7) is 2.52. The number of aliphatic carboxylic acids is 1. The van der Waals surface area contributed by atoms with Gasteiger partial charge in [0, 0.05) is 13.0 Å². The highest BCUT2D eigenvalue weighted by Crippen LogP contribution is 2.21. The van der Waals surface area contributed by atoms with Gasteiger partial charge in [-0.2, -0.15) is 0 Å². The normalized spacial score (nSPS) is 20.1. The Hall–Kier alpha value is -1.95. The summed E-state index contributed by atoms with van der Waals surface area (Å²) in [4.78, 5) is 24.6. The number of ether oxygens (including phenoxy) is 1. The summed E-state index contributed by atoms with van der Waals surface area (Å²) >= 11 is 0. The van der Waals surface area contributed by atoms with Crippen LogP contribution < -0.4 is 0 Å². The van der Waals surface area contributed by atoms with E-state index in [4.69, 9.17) is 9.84 Å². The Kier molecular flexibility index (Phi) is 4.90. The molecule has 2 atom stereocenters. The maximum atomic E-state index is 13.2. The van der Waals surface area contributed by atoms with Crippen molar-refractivity contribution in [2.45, 2.75) is 25.4 Å². The van der Waals surface area contributed by atoms with E-state index in [1.54, 1.807) is 12.1 Å². The topological polar surface area (TPSA) is 66.8 Å². The number of nitrogens with zero attached hydrogens (tertiary/aromatic N) is 1. The lowest BCUT2D eigenvalue weighted by Crippen LogP contribution is -2.48. The first-order chi connectivity index (χ1) is 9.97. The van der Waals surface area contributed by atoms with Gasteiger partial charge in [0.1, 0.15) is 5.82 Å². The van der Waals surface area contributed by atoms with Gasteiger partial charge in [0.05, 0.1) is 13.2 Å². The van der Waals surface area contributed by atoms with Gasteiger partial charge < -0.3 is 14.7 Å². The number of halogens is 1. The number of carbonyl (C=O) groups excluding carboxylic acids is 1. The van der Waals surface area contributed by atoms with Gasteiger partial charge in [-0.1, -0.05) is 19.1 Å². The second kappa shape index (κ2) is 6.67. The zero-order chi connectivity index (χ0) is 15.4. The highest BCUT2D eigenvalue weighted by atomic mass is 19.1. The van der Waals surface area contributed by atoms with Gasteiger partial charge in [0.2, 0.25) is 5.91 Å². The third-order valence-electron chi connectivity index (χ3n) is 3.59. The zero-order valence-corrected chi connectivity index (χ0v) is 11.8. The van der Waals surface area contributed by atoms with Crippen LogP contribution in [0.4, 0.5) is 4.39 Å². The molecule has 1 aromatic rings. The summed E-state index contributed by atoms with van der Waals surface area (Å²) in [5, 5.41) is 8.92. The van der Waals surface area contributed by atoms with E-state index in [2.05, 4.69) is 0 Å². The van der Waals surface area contributed by atoms with E-state index >= 15 is 0 Å². The van der Waals surface area contributed by atoms with Crippen molar-refractivity contribution in [1.82, 2.24) is 4.90 Å². The van der Waals surface area contributed by atoms with Crippen molar-refractivity contribution in [3.8, 4) is 0 Å². The molecule has 1 amide bonds. The maximum Gasteiger partial charge on any atom is 0.334 e. The fourth-order valence-electron chi connectivity index (χ4n) is 2.35. The lowest BCUT2D eigenvalue weighted by Gasteiger charge is -2.31. The quantitative estimate of drug-likeness (QED) is 0.917. The molecular formula is C15H18FNO4. The number of rotatable bonds is 4. The van der Waals surface area contributed by atoms with Crippen LogP contribution in [0, 0.1) is 5.82 Å². The zero-order valence-electron chi connectivity index (χ0n) is 11.8. The Morgan fingerprint density at radius 3 is 2.95 bits per heavy atom. The lowest BCUT2D eigenvalue weighted by molar-refractivity contribution is -0.159. The van der Waals surface area contributed by atoms with Gasteiger partial charge >= 0.3 is 5.97 Å². The first kappa shape index (κ1) is 15.4. The predicted molar refractivity (Wildman–Crippen MR) is 73.4 cm³/mol. The molecular weight excluding hydrogens is 277 g/mol. The van der Waals surface area contributed by atoms with Crippen LogP contribution in [0.3, 0.4) is 0 Å². The minimum absolute atomic E-state index is 0.0596. The molecule has 1 aromatic carbocycles. The number of carbonyl (C=O) groups is 2. The third-order valence-corrected chi connectivity index (χ3v) is 3.59. The van der Waals surface area contributed by atoms with Crippen molar-refractivity contribution >= 4 is 11.9 Å². The van der Waals surface area contributed by atoms with Crippen LogP contribution in [-0.4, -0.2) is 47.7 Å². The van der Waals surface area contributed by atoms with Gasteiger partial charge in [-0.15, -0.1) is 0 Å². The Morgan fingerprint density at radius 1 is 1.52 bits per heavy atom. The summed E-state index contributed by atoms with van der Waals surface area (Å²) in [5.41, 5.74) is 0.756. The molecule has 1 saturated heterocycles. The maximum absolute atomic E-state index is 13.2. The van der Waals surface area contributed by atoms with Gasteiger partial charge in [0.15, 0.2) is 6.10 Å². The molecule has 1 fully saturated rings. The molecule has 1 N–H and O–H groups in total. The van der Waals surface area contributed by atoms with E-state index in [0.29, 0.717) is 6.54 Å². The highest BCUT2D eigenvalue weighted by molar-refractivity contribution is 5.79. The molecule has 0 radical (unpaired) electrons. The van der Waals surface area contributed by atoms with Gasteiger partial charge in [-0.25, -0.2) is 9.18 Å². The van der Waals surface area contributed by atoms with Gasteiger partial charge in [0.25, 0.3) is 0 Å². The third kappa shape index (κ3) is 4.01. The van der Waals surface area contributed by atoms with Crippen LogP contribution in [-0.2, 0) is 14.3 Å². The van der Waals surface area contributed by atoms with Crippen LogP contribution >= 0.6 is 0 Å². The second-order valence-corrected chi connectivity index (χ2v) is 5.20. The monoisotopic (exact) mass is 295 g/mol. The highest BCUT2D eigenvalue weighted by Gasteiger charge is 2.29. The first-order valence-electron chi connectivity index (χ1n) is 6.85. The molecule has 0 aliphatic carbocycles. The second-order valence-electron chi connectivity index (χ2n) is 5.20. The Morgan fingerprint density at radius 2 is 2.29 bits per heavy atom. The Bertz CT molecular complexity index is 534. The number of carboxylic acids is 1. The fraction of sp³-hybridized carbons (Fsp3) is 0.467. The van der Waals surface area contributed by atoms with Crippen LogP contribution in [0.15, 0.2) is 24.3 Å². The molecule has 0 aromatic heterocycles. The van der Waals surface area contributed by atoms with Crippen molar-refractivity contribution in [1.29, 1.82) is 0 Å². The summed E-state index contributed by atoms with van der Waals surface area (Å²) < 4.78 is 18.3. The first-order valence-corrected chi connectivity index (χ1v) is 6.85. The fourth-order valence-corrected chi connectivity index (χ4v) is 2.35. The molecule has 0 saturated carbocycles. The smallest absolute Gasteiger partial charge is 0.334 e. The minimum atomic E-state index is -1.06. The molecule has 0 spiro atoms. The Balaban J connectivity index is 1.96. The van der Waals surface area contributed by atoms with Crippen LogP contribution in [0.2, 0.25) is 0 Å². The number of amides is 1. The minimum Gasteiger partial charge on any atom is -0.479 e. The molecule has 2 unspecified atom stereocenters. The van der Waals surface area contributed by atoms with E-state index in [0.717, 1.165) is 5.56 Å². The molecule has 6 heteroatoms. The number of hydrogen-bond donors (Lipinski definition) is 1. The molecule has 114 valence electrons. The largest absolute Gasteiger partial charge is 0.479 e. The van der Waals surface area contributed by atoms with Crippen LogP contribution in [0.25, 0.3) is 0 Å². The molecule has 5 nitrogen and oxygen atoms in total. The summed E-state index contributed by atoms with van der Waals surface area (Å²) in [6, 6.07) is 6.16. The average Bonchev–Trinajstić information content (AvgIpc) is 2.47. The van der Waals surface area contributed by atoms with Crippen LogP contribution in [0.1, 0.15) is 24.8 Å². The van der Waals surface area contributed by atoms with Crippen molar-refractivity contribution in [3.05, 3.63) is 35.6 Å². The van der Waals surface area contributed by atoms with Crippen molar-refractivity contribution in [2.24, 2.45) is 0 Å². The average molecular weight is 295 g/mol. The Labute approximate surface area is 122 Å². The number of benzene rings is 1. The lowest BCUT2D eigenvalue weighted by atomic mass is 9.97. The molecule has 1 aliphatic rings. The van der Waals surface area contributed by atoms with E-state index in [-0.39, 0.29) is 37.2 Å². The molecule has 21 heavy (non-hydrogen) atoms. The molecule has 0 bridgehead atoms. The molecule has 1 heterocycles. The van der Waals surface area contributed by atoms with E-state index in [1.807, 2.05) is 6.92 Å². The van der Waals surface area contributed by atoms with E-state index < -0.39 is 12.1 Å². The summed E-state index contributed by atoms with van der Waals surface area (Å²) in [6.07, 6.45) is -0.748. The van der Waals surface area contributed by atoms with E-state index in [9.17, 15) is 14.0 Å².